The number of benzene rings is 4. The van der Waals surface area contributed by atoms with Crippen LogP contribution < -0.4 is 10.5 Å². The van der Waals surface area contributed by atoms with Gasteiger partial charge in [0.25, 0.3) is 0 Å². The number of carbonyl (C=O) groups excluding carboxylic acids is 1. The van der Waals surface area contributed by atoms with Crippen molar-refractivity contribution in [2.45, 2.75) is 25.3 Å². The first-order valence-corrected chi connectivity index (χ1v) is 12.7. The van der Waals surface area contributed by atoms with Crippen LogP contribution in [0.3, 0.4) is 0 Å². The molecule has 0 aliphatic rings. The van der Waals surface area contributed by atoms with E-state index in [2.05, 4.69) is 59.5 Å². The molecule has 4 aromatic rings. The van der Waals surface area contributed by atoms with E-state index in [-0.39, 0.29) is 24.0 Å². The van der Waals surface area contributed by atoms with E-state index < -0.39 is 0 Å². The fraction of sp³-hybridized carbons (Fsp3) is 0.219. The fourth-order valence-electron chi connectivity index (χ4n) is 4.56. The summed E-state index contributed by atoms with van der Waals surface area (Å²) in [4.78, 5) is 13.5. The fourth-order valence-corrected chi connectivity index (χ4v) is 4.56. The molecule has 0 saturated heterocycles. The van der Waals surface area contributed by atoms with Crippen LogP contribution in [0.5, 0.6) is 11.5 Å². The number of carbonyl (C=O) groups is 1. The van der Waals surface area contributed by atoms with Gasteiger partial charge in [0.2, 0.25) is 5.91 Å². The number of amides is 1. The number of phenols is 1. The molecular weight excluding hydrogens is 460 g/mol. The minimum absolute atomic E-state index is 0.221. The summed E-state index contributed by atoms with van der Waals surface area (Å²) >= 11 is 0. The zero-order valence-electron chi connectivity index (χ0n) is 21.0. The Balaban J connectivity index is 1.44. The number of hydrogen-bond donors (Lipinski definition) is 2. The van der Waals surface area contributed by atoms with E-state index in [1.54, 1.807) is 6.07 Å². The Morgan fingerprint density at radius 1 is 0.811 bits per heavy atom. The Hall–Kier alpha value is -4.09. The number of nitrogens with zero attached hydrogens (tertiary/aromatic N) is 1. The molecule has 5 heteroatoms. The molecule has 0 bridgehead atoms. The van der Waals surface area contributed by atoms with Crippen molar-refractivity contribution in [2.24, 2.45) is 5.73 Å². The van der Waals surface area contributed by atoms with Gasteiger partial charge in [0.05, 0.1) is 13.0 Å². The van der Waals surface area contributed by atoms with Crippen molar-refractivity contribution < 1.29 is 14.6 Å². The second-order valence-corrected chi connectivity index (χ2v) is 9.27. The standard InChI is InChI=1S/C32H34N2O3/c33-32(36)22-25-15-17-30(18-16-25)37-20-8-19-34(23-26-9-7-14-29(35)21-26)24-31(27-10-3-1-4-11-27)28-12-5-2-6-13-28/h1-7,9-18,21,31,35H,8,19-20,22-24H2,(H2,33,36). The number of ether oxygens (including phenoxy) is 1. The van der Waals surface area contributed by atoms with Crippen LogP contribution in [-0.2, 0) is 17.8 Å². The van der Waals surface area contributed by atoms with Crippen molar-refractivity contribution in [1.29, 1.82) is 0 Å². The Morgan fingerprint density at radius 2 is 1.46 bits per heavy atom. The molecule has 190 valence electrons. The minimum Gasteiger partial charge on any atom is -0.508 e. The maximum atomic E-state index is 11.1. The first kappa shape index (κ1) is 26.0. The van der Waals surface area contributed by atoms with Crippen LogP contribution in [0, 0.1) is 0 Å². The van der Waals surface area contributed by atoms with Gasteiger partial charge in [-0.2, -0.15) is 0 Å². The normalized spacial score (nSPS) is 11.1. The summed E-state index contributed by atoms with van der Waals surface area (Å²) in [5.74, 6) is 0.936. The first-order valence-electron chi connectivity index (χ1n) is 12.7. The van der Waals surface area contributed by atoms with Gasteiger partial charge >= 0.3 is 0 Å². The largest absolute Gasteiger partial charge is 0.508 e. The predicted octanol–water partition coefficient (Wildman–Crippen LogP) is 5.52. The second-order valence-electron chi connectivity index (χ2n) is 9.27. The summed E-state index contributed by atoms with van der Waals surface area (Å²) < 4.78 is 5.98. The van der Waals surface area contributed by atoms with Crippen LogP contribution in [0.15, 0.2) is 109 Å². The summed E-state index contributed by atoms with van der Waals surface area (Å²) in [5.41, 5.74) is 9.79. The summed E-state index contributed by atoms with van der Waals surface area (Å²) in [6.07, 6.45) is 1.08. The third-order valence-electron chi connectivity index (χ3n) is 6.35. The molecule has 0 radical (unpaired) electrons. The molecule has 3 N–H and O–H groups in total. The zero-order valence-corrected chi connectivity index (χ0v) is 21.0. The SMILES string of the molecule is NC(=O)Cc1ccc(OCCCN(Cc2cccc(O)c2)CC(c2ccccc2)c2ccccc2)cc1. The van der Waals surface area contributed by atoms with Gasteiger partial charge in [-0.1, -0.05) is 84.9 Å². The first-order chi connectivity index (χ1) is 18.1. The van der Waals surface area contributed by atoms with Crippen molar-refractivity contribution in [3.05, 3.63) is 131 Å². The van der Waals surface area contributed by atoms with Crippen LogP contribution in [0.2, 0.25) is 0 Å². The molecule has 4 aromatic carbocycles. The second kappa shape index (κ2) is 13.3. The van der Waals surface area contributed by atoms with E-state index in [4.69, 9.17) is 10.5 Å². The molecule has 0 spiro atoms. The molecule has 0 atom stereocenters. The monoisotopic (exact) mass is 494 g/mol. The van der Waals surface area contributed by atoms with E-state index >= 15 is 0 Å². The van der Waals surface area contributed by atoms with E-state index in [0.717, 1.165) is 42.9 Å². The molecule has 0 fully saturated rings. The molecule has 0 aliphatic carbocycles. The third kappa shape index (κ3) is 8.23. The Bertz CT molecular complexity index is 1200. The molecule has 5 nitrogen and oxygen atoms in total. The Kier molecular flexibility index (Phi) is 9.33. The highest BCUT2D eigenvalue weighted by molar-refractivity contribution is 5.76. The number of aromatic hydroxyl groups is 1. The van der Waals surface area contributed by atoms with E-state index in [9.17, 15) is 9.90 Å². The lowest BCUT2D eigenvalue weighted by Gasteiger charge is -2.28. The highest BCUT2D eigenvalue weighted by Gasteiger charge is 2.19. The summed E-state index contributed by atoms with van der Waals surface area (Å²) in [6, 6.07) is 36.2. The van der Waals surface area contributed by atoms with Gasteiger partial charge in [-0.25, -0.2) is 0 Å². The van der Waals surface area contributed by atoms with Crippen LogP contribution in [0.1, 0.15) is 34.6 Å². The zero-order chi connectivity index (χ0) is 25.9. The van der Waals surface area contributed by atoms with Crippen LogP contribution in [0.25, 0.3) is 0 Å². The molecule has 0 heterocycles. The average Bonchev–Trinajstić information content (AvgIpc) is 2.91. The van der Waals surface area contributed by atoms with Crippen LogP contribution in [-0.4, -0.2) is 35.6 Å². The molecule has 0 saturated carbocycles. The highest BCUT2D eigenvalue weighted by Crippen LogP contribution is 2.27. The van der Waals surface area contributed by atoms with E-state index in [1.165, 1.54) is 11.1 Å². The average molecular weight is 495 g/mol. The molecule has 0 aliphatic heterocycles. The molecule has 37 heavy (non-hydrogen) atoms. The summed E-state index contributed by atoms with van der Waals surface area (Å²) in [6.45, 7) is 2.98. The van der Waals surface area contributed by atoms with Gasteiger partial charge in [-0.3, -0.25) is 9.69 Å². The maximum Gasteiger partial charge on any atom is 0.221 e. The van der Waals surface area contributed by atoms with Crippen molar-refractivity contribution in [1.82, 2.24) is 4.90 Å². The molecule has 0 unspecified atom stereocenters. The smallest absolute Gasteiger partial charge is 0.221 e. The number of rotatable bonds is 13. The molecule has 1 amide bonds. The van der Waals surface area contributed by atoms with Crippen LogP contribution in [0.4, 0.5) is 0 Å². The van der Waals surface area contributed by atoms with Crippen molar-refractivity contribution in [3.63, 3.8) is 0 Å². The molecule has 4 rings (SSSR count). The van der Waals surface area contributed by atoms with E-state index in [1.807, 2.05) is 48.5 Å². The van der Waals surface area contributed by atoms with Crippen molar-refractivity contribution in [2.75, 3.05) is 19.7 Å². The van der Waals surface area contributed by atoms with Crippen molar-refractivity contribution >= 4 is 5.91 Å². The van der Waals surface area contributed by atoms with Gasteiger partial charge in [0, 0.05) is 25.6 Å². The number of hydrogen-bond acceptors (Lipinski definition) is 4. The molecular formula is C32H34N2O3. The Labute approximate surface area is 219 Å². The summed E-state index contributed by atoms with van der Waals surface area (Å²) in [7, 11) is 0. The minimum atomic E-state index is -0.343. The third-order valence-corrected chi connectivity index (χ3v) is 6.35. The van der Waals surface area contributed by atoms with Gasteiger partial charge < -0.3 is 15.6 Å². The van der Waals surface area contributed by atoms with Gasteiger partial charge in [-0.05, 0) is 52.9 Å². The lowest BCUT2D eigenvalue weighted by molar-refractivity contribution is -0.117. The molecule has 0 aromatic heterocycles. The maximum absolute atomic E-state index is 11.1. The van der Waals surface area contributed by atoms with Crippen molar-refractivity contribution in [3.8, 4) is 11.5 Å². The number of nitrogens with two attached hydrogens (primary N) is 1. The lowest BCUT2D eigenvalue weighted by atomic mass is 9.90. The Morgan fingerprint density at radius 3 is 2.05 bits per heavy atom. The van der Waals surface area contributed by atoms with Gasteiger partial charge in [-0.15, -0.1) is 0 Å². The predicted molar refractivity (Wildman–Crippen MR) is 148 cm³/mol. The number of phenolic OH excluding ortho intramolecular Hbond substituents is 1. The summed E-state index contributed by atoms with van der Waals surface area (Å²) in [5, 5.41) is 10.0. The number of primary amides is 1. The lowest BCUT2D eigenvalue weighted by Crippen LogP contribution is -2.30. The topological polar surface area (TPSA) is 75.8 Å². The quantitative estimate of drug-likeness (QED) is 0.240. The van der Waals surface area contributed by atoms with E-state index in [0.29, 0.717) is 6.61 Å². The van der Waals surface area contributed by atoms with Gasteiger partial charge in [0.1, 0.15) is 11.5 Å². The highest BCUT2D eigenvalue weighted by atomic mass is 16.5. The van der Waals surface area contributed by atoms with Crippen LogP contribution >= 0.6 is 0 Å². The van der Waals surface area contributed by atoms with Gasteiger partial charge in [0.15, 0.2) is 0 Å².